The summed E-state index contributed by atoms with van der Waals surface area (Å²) in [7, 11) is 0. The van der Waals surface area contributed by atoms with E-state index in [0.29, 0.717) is 49.2 Å². The molecule has 0 bridgehead atoms. The molecular weight excluding hydrogens is 288 g/mol. The quantitative estimate of drug-likeness (QED) is 0.830. The zero-order valence-corrected chi connectivity index (χ0v) is 15.3. The first-order valence-corrected chi connectivity index (χ1v) is 9.03. The molecule has 3 nitrogen and oxygen atoms in total. The van der Waals surface area contributed by atoms with Gasteiger partial charge in [-0.15, -0.1) is 0 Å². The van der Waals surface area contributed by atoms with Crippen LogP contribution in [0.3, 0.4) is 0 Å². The number of carbonyl (C=O) groups excluding carboxylic acids is 2. The molecule has 0 aliphatic heterocycles. The van der Waals surface area contributed by atoms with Crippen LogP contribution in [0, 0.1) is 23.2 Å². The molecular formula is C20H32O3. The third-order valence-electron chi connectivity index (χ3n) is 6.21. The van der Waals surface area contributed by atoms with Crippen molar-refractivity contribution in [1.29, 1.82) is 0 Å². The summed E-state index contributed by atoms with van der Waals surface area (Å²) in [6.45, 7) is 10.2. The molecule has 23 heavy (non-hydrogen) atoms. The fourth-order valence-electron chi connectivity index (χ4n) is 4.66. The lowest BCUT2D eigenvalue weighted by Crippen LogP contribution is -2.55. The molecule has 0 saturated heterocycles. The molecule has 3 heteroatoms. The zero-order chi connectivity index (χ0) is 17.4. The predicted molar refractivity (Wildman–Crippen MR) is 92.0 cm³/mol. The average Bonchev–Trinajstić information content (AvgIpc) is 2.39. The smallest absolute Gasteiger partial charge is 0.156 e. The molecule has 1 saturated carbocycles. The predicted octanol–water partition coefficient (Wildman–Crippen LogP) is 4.08. The van der Waals surface area contributed by atoms with Crippen LogP contribution in [0.25, 0.3) is 0 Å². The van der Waals surface area contributed by atoms with E-state index >= 15 is 0 Å². The Kier molecular flexibility index (Phi) is 5.20. The second kappa shape index (κ2) is 6.51. The van der Waals surface area contributed by atoms with Crippen LogP contribution in [-0.2, 0) is 9.59 Å². The van der Waals surface area contributed by atoms with Crippen LogP contribution in [0.1, 0.15) is 73.1 Å². The molecule has 0 aromatic rings. The zero-order valence-electron chi connectivity index (χ0n) is 15.3. The highest BCUT2D eigenvalue weighted by atomic mass is 16.3. The van der Waals surface area contributed by atoms with Crippen LogP contribution in [-0.4, -0.2) is 22.3 Å². The number of carbonyl (C=O) groups is 2. The van der Waals surface area contributed by atoms with E-state index in [4.69, 9.17) is 0 Å². The summed E-state index contributed by atoms with van der Waals surface area (Å²) in [6, 6.07) is 0. The van der Waals surface area contributed by atoms with Crippen LogP contribution < -0.4 is 0 Å². The van der Waals surface area contributed by atoms with E-state index in [-0.39, 0.29) is 11.2 Å². The van der Waals surface area contributed by atoms with E-state index in [1.165, 1.54) is 0 Å². The number of Topliss-reactive ketones (excluding diaryl/α,β-unsaturated/α-hetero) is 1. The average molecular weight is 320 g/mol. The molecule has 4 unspecified atom stereocenters. The van der Waals surface area contributed by atoms with Gasteiger partial charge in [0.2, 0.25) is 0 Å². The van der Waals surface area contributed by atoms with Gasteiger partial charge in [0.15, 0.2) is 5.78 Å². The molecule has 0 aromatic carbocycles. The maximum Gasteiger partial charge on any atom is 0.156 e. The minimum atomic E-state index is -0.890. The standard InChI is InChI=1S/C20H32O3/c1-13(2)8-17(21)9-14(3)16-6-7-19(5)12-18(22)10-15(4)20(19,23)11-16/h10,13-14,16,23H,6-9,11-12H2,1-5H3. The molecule has 2 aliphatic carbocycles. The first-order chi connectivity index (χ1) is 10.6. The SMILES string of the molecule is CC1=CC(=O)CC2(C)CCC(C(C)CC(=O)CC(C)C)CC12O. The first kappa shape index (κ1) is 18.4. The summed E-state index contributed by atoms with van der Waals surface area (Å²) in [5.74, 6) is 1.51. The first-order valence-electron chi connectivity index (χ1n) is 9.03. The molecule has 0 spiro atoms. The molecule has 0 aromatic heterocycles. The van der Waals surface area contributed by atoms with E-state index < -0.39 is 5.60 Å². The fourth-order valence-corrected chi connectivity index (χ4v) is 4.66. The van der Waals surface area contributed by atoms with Crippen molar-refractivity contribution in [2.45, 2.75) is 78.7 Å². The number of hydrogen-bond acceptors (Lipinski definition) is 3. The van der Waals surface area contributed by atoms with Crippen LogP contribution in [0.15, 0.2) is 11.6 Å². The second-order valence-electron chi connectivity index (χ2n) is 8.71. The van der Waals surface area contributed by atoms with E-state index in [1.807, 2.05) is 13.8 Å². The molecule has 2 rings (SSSR count). The summed E-state index contributed by atoms with van der Waals surface area (Å²) in [5.41, 5.74) is -0.429. The van der Waals surface area contributed by atoms with Crippen LogP contribution in [0.5, 0.6) is 0 Å². The van der Waals surface area contributed by atoms with Crippen LogP contribution in [0.4, 0.5) is 0 Å². The van der Waals surface area contributed by atoms with Gasteiger partial charge < -0.3 is 5.11 Å². The summed E-state index contributed by atoms with van der Waals surface area (Å²) < 4.78 is 0. The molecule has 4 atom stereocenters. The van der Waals surface area contributed by atoms with Gasteiger partial charge in [-0.25, -0.2) is 0 Å². The monoisotopic (exact) mass is 320 g/mol. The van der Waals surface area contributed by atoms with Gasteiger partial charge in [-0.3, -0.25) is 9.59 Å². The van der Waals surface area contributed by atoms with Crippen molar-refractivity contribution in [2.75, 3.05) is 0 Å². The number of ketones is 2. The Morgan fingerprint density at radius 3 is 2.61 bits per heavy atom. The topological polar surface area (TPSA) is 54.4 Å². The molecule has 0 radical (unpaired) electrons. The molecule has 130 valence electrons. The summed E-state index contributed by atoms with van der Waals surface area (Å²) in [6.07, 6.45) is 5.84. The maximum absolute atomic E-state index is 12.1. The Morgan fingerprint density at radius 1 is 1.35 bits per heavy atom. The second-order valence-corrected chi connectivity index (χ2v) is 8.71. The molecule has 2 aliphatic rings. The summed E-state index contributed by atoms with van der Waals surface area (Å²) in [5, 5.41) is 11.3. The number of aliphatic hydroxyl groups is 1. The lowest BCUT2D eigenvalue weighted by atomic mass is 9.53. The van der Waals surface area contributed by atoms with Gasteiger partial charge in [0, 0.05) is 24.7 Å². The minimum absolute atomic E-state index is 0.133. The highest BCUT2D eigenvalue weighted by Crippen LogP contribution is 2.55. The minimum Gasteiger partial charge on any atom is -0.385 e. The largest absolute Gasteiger partial charge is 0.385 e. The van der Waals surface area contributed by atoms with Gasteiger partial charge in [-0.1, -0.05) is 27.7 Å². The van der Waals surface area contributed by atoms with Crippen LogP contribution >= 0.6 is 0 Å². The molecule has 0 amide bonds. The Morgan fingerprint density at radius 2 is 2.00 bits per heavy atom. The Labute approximate surface area is 140 Å². The Balaban J connectivity index is 2.10. The van der Waals surface area contributed by atoms with E-state index in [2.05, 4.69) is 20.8 Å². The summed E-state index contributed by atoms with van der Waals surface area (Å²) in [4.78, 5) is 24.0. The molecule has 1 N–H and O–H groups in total. The number of fused-ring (bicyclic) bond motifs is 1. The van der Waals surface area contributed by atoms with Gasteiger partial charge in [0.05, 0.1) is 5.60 Å². The van der Waals surface area contributed by atoms with Crippen LogP contribution in [0.2, 0.25) is 0 Å². The fraction of sp³-hybridized carbons (Fsp3) is 0.800. The van der Waals surface area contributed by atoms with E-state index in [9.17, 15) is 14.7 Å². The number of rotatable bonds is 5. The maximum atomic E-state index is 12.1. The van der Waals surface area contributed by atoms with Crippen molar-refractivity contribution in [3.8, 4) is 0 Å². The normalized spacial score (nSPS) is 35.7. The highest BCUT2D eigenvalue weighted by molar-refractivity contribution is 5.92. The van der Waals surface area contributed by atoms with Crippen molar-refractivity contribution in [3.05, 3.63) is 11.6 Å². The lowest BCUT2D eigenvalue weighted by Gasteiger charge is -2.54. The van der Waals surface area contributed by atoms with Crippen molar-refractivity contribution in [3.63, 3.8) is 0 Å². The molecule has 1 fully saturated rings. The number of allylic oxidation sites excluding steroid dienone is 1. The Bertz CT molecular complexity index is 519. The van der Waals surface area contributed by atoms with Gasteiger partial charge in [-0.05, 0) is 55.6 Å². The number of hydrogen-bond donors (Lipinski definition) is 1. The van der Waals surface area contributed by atoms with Crippen molar-refractivity contribution in [2.24, 2.45) is 23.2 Å². The van der Waals surface area contributed by atoms with Gasteiger partial charge in [-0.2, -0.15) is 0 Å². The van der Waals surface area contributed by atoms with Gasteiger partial charge in [0.1, 0.15) is 5.78 Å². The van der Waals surface area contributed by atoms with E-state index in [0.717, 1.165) is 18.4 Å². The third kappa shape index (κ3) is 3.60. The lowest BCUT2D eigenvalue weighted by molar-refractivity contribution is -0.137. The van der Waals surface area contributed by atoms with Gasteiger partial charge >= 0.3 is 0 Å². The van der Waals surface area contributed by atoms with Gasteiger partial charge in [0.25, 0.3) is 0 Å². The van der Waals surface area contributed by atoms with Crippen molar-refractivity contribution >= 4 is 11.6 Å². The third-order valence-corrected chi connectivity index (χ3v) is 6.21. The van der Waals surface area contributed by atoms with E-state index in [1.54, 1.807) is 6.08 Å². The van der Waals surface area contributed by atoms with Crippen molar-refractivity contribution in [1.82, 2.24) is 0 Å². The highest BCUT2D eigenvalue weighted by Gasteiger charge is 2.55. The Hall–Kier alpha value is -0.960. The summed E-state index contributed by atoms with van der Waals surface area (Å²) >= 11 is 0. The molecule has 0 heterocycles. The van der Waals surface area contributed by atoms with Crippen molar-refractivity contribution < 1.29 is 14.7 Å².